The number of carbonyl (C=O) groups excluding carboxylic acids is 4. The maximum Gasteiger partial charge on any atom is 0.326 e. The van der Waals surface area contributed by atoms with Crippen LogP contribution in [0.1, 0.15) is 85.3 Å². The SMILES string of the molecule is CCC(C)C(C(CC(=O)N1CCCC1C(OC)C(C)C(=O)NC(Cc1ccccc1)C(=O)O)OC)N(C)C(=O)C(NC(=O)C(C(C)C)N(C)CCc1ccc(NC)cc1)C(C)C. The minimum atomic E-state index is -1.14. The van der Waals surface area contributed by atoms with Crippen LogP contribution >= 0.6 is 0 Å². The molecule has 14 nitrogen and oxygen atoms in total. The molecule has 1 fully saturated rings. The van der Waals surface area contributed by atoms with Gasteiger partial charge in [-0.3, -0.25) is 24.1 Å². The fraction of sp³-hybridized carbons (Fsp3) is 0.646. The molecule has 0 aromatic heterocycles. The van der Waals surface area contributed by atoms with E-state index in [4.69, 9.17) is 9.47 Å². The van der Waals surface area contributed by atoms with Crippen molar-refractivity contribution in [3.63, 3.8) is 0 Å². The largest absolute Gasteiger partial charge is 0.480 e. The highest BCUT2D eigenvalue weighted by atomic mass is 16.5. The van der Waals surface area contributed by atoms with E-state index in [1.807, 2.05) is 98.1 Å². The monoisotopic (exact) mass is 865 g/mol. The van der Waals surface area contributed by atoms with Gasteiger partial charge in [0.15, 0.2) is 0 Å². The smallest absolute Gasteiger partial charge is 0.326 e. The first-order valence-corrected chi connectivity index (χ1v) is 22.4. The normalized spacial score (nSPS) is 18.0. The van der Waals surface area contributed by atoms with Crippen molar-refractivity contribution in [1.82, 2.24) is 25.3 Å². The number of anilines is 1. The molecule has 0 saturated carbocycles. The number of aliphatic carboxylic acids is 1. The second-order valence-corrected chi connectivity index (χ2v) is 17.8. The van der Waals surface area contributed by atoms with E-state index < -0.39 is 60.2 Å². The summed E-state index contributed by atoms with van der Waals surface area (Å²) in [5.74, 6) is -3.34. The topological polar surface area (TPSA) is 170 Å². The summed E-state index contributed by atoms with van der Waals surface area (Å²) in [6, 6.07) is 14.0. The van der Waals surface area contributed by atoms with E-state index in [1.165, 1.54) is 12.7 Å². The van der Waals surface area contributed by atoms with Crippen molar-refractivity contribution >= 4 is 35.3 Å². The molecular weight excluding hydrogens is 789 g/mol. The number of amides is 4. The second kappa shape index (κ2) is 24.9. The van der Waals surface area contributed by atoms with Gasteiger partial charge in [0.05, 0.1) is 42.7 Å². The molecular formula is C48H76N6O8. The lowest BCUT2D eigenvalue weighted by Gasteiger charge is -2.41. The number of ether oxygens (including phenoxy) is 2. The van der Waals surface area contributed by atoms with Gasteiger partial charge in [-0.15, -0.1) is 0 Å². The van der Waals surface area contributed by atoms with E-state index in [-0.39, 0.29) is 48.3 Å². The number of carboxylic acid groups (broad SMARTS) is 1. The zero-order chi connectivity index (χ0) is 46.3. The Balaban J connectivity index is 1.76. The van der Waals surface area contributed by atoms with Gasteiger partial charge >= 0.3 is 5.97 Å². The number of hydrogen-bond donors (Lipinski definition) is 4. The molecule has 2 aromatic carbocycles. The zero-order valence-corrected chi connectivity index (χ0v) is 39.4. The minimum absolute atomic E-state index is 0.0187. The summed E-state index contributed by atoms with van der Waals surface area (Å²) >= 11 is 0. The Labute approximate surface area is 370 Å². The van der Waals surface area contributed by atoms with Crippen LogP contribution in [0.15, 0.2) is 54.6 Å². The summed E-state index contributed by atoms with van der Waals surface area (Å²) < 4.78 is 12.0. The van der Waals surface area contributed by atoms with E-state index in [9.17, 15) is 29.1 Å². The molecule has 9 unspecified atom stereocenters. The predicted octanol–water partition coefficient (Wildman–Crippen LogP) is 5.10. The Hall–Kier alpha value is -4.53. The lowest BCUT2D eigenvalue weighted by Crippen LogP contribution is -2.60. The van der Waals surface area contributed by atoms with Crippen LogP contribution < -0.4 is 16.0 Å². The lowest BCUT2D eigenvalue weighted by atomic mass is 9.89. The van der Waals surface area contributed by atoms with Gasteiger partial charge in [0.2, 0.25) is 23.6 Å². The Morgan fingerprint density at radius 3 is 2.03 bits per heavy atom. The third-order valence-corrected chi connectivity index (χ3v) is 12.8. The number of nitrogens with one attached hydrogen (secondary N) is 3. The summed E-state index contributed by atoms with van der Waals surface area (Å²) in [6.07, 6.45) is 1.51. The number of hydrogen-bond acceptors (Lipinski definition) is 9. The third kappa shape index (κ3) is 14.0. The van der Waals surface area contributed by atoms with Crippen molar-refractivity contribution in [2.45, 2.75) is 129 Å². The van der Waals surface area contributed by atoms with Crippen molar-refractivity contribution in [2.75, 3.05) is 53.8 Å². The molecule has 0 aliphatic carbocycles. The van der Waals surface area contributed by atoms with Crippen LogP contribution in [0.2, 0.25) is 0 Å². The van der Waals surface area contributed by atoms with Crippen molar-refractivity contribution in [3.05, 3.63) is 65.7 Å². The van der Waals surface area contributed by atoms with Crippen LogP contribution in [0.4, 0.5) is 5.69 Å². The third-order valence-electron chi connectivity index (χ3n) is 12.8. The number of carbonyl (C=O) groups is 5. The second-order valence-electron chi connectivity index (χ2n) is 17.8. The molecule has 1 saturated heterocycles. The van der Waals surface area contributed by atoms with Crippen LogP contribution in [-0.4, -0.2) is 140 Å². The molecule has 2 aromatic rings. The Kier molecular flexibility index (Phi) is 20.8. The molecule has 1 aliphatic heterocycles. The molecule has 4 N–H and O–H groups in total. The Morgan fingerprint density at radius 1 is 0.855 bits per heavy atom. The predicted molar refractivity (Wildman–Crippen MR) is 244 cm³/mol. The summed E-state index contributed by atoms with van der Waals surface area (Å²) in [5.41, 5.74) is 2.98. The highest BCUT2D eigenvalue weighted by molar-refractivity contribution is 5.90. The van der Waals surface area contributed by atoms with Crippen molar-refractivity contribution in [1.29, 1.82) is 0 Å². The zero-order valence-electron chi connectivity index (χ0n) is 39.4. The molecule has 1 aliphatic rings. The van der Waals surface area contributed by atoms with Gasteiger partial charge in [-0.1, -0.05) is 97.4 Å². The average Bonchev–Trinajstić information content (AvgIpc) is 3.74. The number of likely N-dealkylation sites (tertiary alicyclic amines) is 1. The molecule has 9 atom stereocenters. The molecule has 4 amide bonds. The summed E-state index contributed by atoms with van der Waals surface area (Å²) in [5, 5.41) is 18.9. The first kappa shape index (κ1) is 51.8. The van der Waals surface area contributed by atoms with Gasteiger partial charge in [0.1, 0.15) is 12.1 Å². The maximum atomic E-state index is 14.6. The summed E-state index contributed by atoms with van der Waals surface area (Å²) in [6.45, 7) is 14.7. The van der Waals surface area contributed by atoms with E-state index in [0.717, 1.165) is 17.7 Å². The van der Waals surface area contributed by atoms with Crippen LogP contribution in [0.5, 0.6) is 0 Å². The van der Waals surface area contributed by atoms with Crippen LogP contribution in [0.3, 0.4) is 0 Å². The molecule has 346 valence electrons. The van der Waals surface area contributed by atoms with Crippen LogP contribution in [-0.2, 0) is 46.3 Å². The molecule has 3 rings (SSSR count). The van der Waals surface area contributed by atoms with Gasteiger partial charge in [-0.05, 0) is 67.3 Å². The average molecular weight is 865 g/mol. The summed E-state index contributed by atoms with van der Waals surface area (Å²) in [4.78, 5) is 74.2. The molecule has 0 radical (unpaired) electrons. The molecule has 0 bridgehead atoms. The molecule has 0 spiro atoms. The maximum absolute atomic E-state index is 14.6. The van der Waals surface area contributed by atoms with Crippen molar-refractivity contribution in [3.8, 4) is 0 Å². The highest BCUT2D eigenvalue weighted by Gasteiger charge is 2.43. The van der Waals surface area contributed by atoms with Gasteiger partial charge in [-0.25, -0.2) is 4.79 Å². The van der Waals surface area contributed by atoms with Crippen molar-refractivity contribution in [2.24, 2.45) is 23.7 Å². The van der Waals surface area contributed by atoms with Gasteiger partial charge < -0.3 is 40.3 Å². The van der Waals surface area contributed by atoms with Crippen molar-refractivity contribution < 1.29 is 38.6 Å². The molecule has 14 heteroatoms. The number of methoxy groups -OCH3 is 2. The molecule has 62 heavy (non-hydrogen) atoms. The standard InChI is InChI=1S/C48H76N6O8/c1-13-32(6)43(53(10)47(58)41(30(2)3)51-46(57)42(31(4)5)52(9)27-25-34-21-23-36(49-8)24-22-34)39(61-11)29-40(55)54-26-17-20-38(54)44(62-12)33(7)45(56)50-37(48(59)60)28-35-18-15-14-16-19-35/h14-16,18-19,21-24,30-33,37-39,41-44,49H,13,17,20,25-29H2,1-12H3,(H,50,56)(H,51,57)(H,59,60). The Morgan fingerprint density at radius 2 is 1.50 bits per heavy atom. The number of carboxylic acids is 1. The number of likely N-dealkylation sites (N-methyl/N-ethyl adjacent to an activating group) is 2. The summed E-state index contributed by atoms with van der Waals surface area (Å²) in [7, 11) is 8.61. The Bertz CT molecular complexity index is 1730. The highest BCUT2D eigenvalue weighted by Crippen LogP contribution is 2.30. The number of rotatable bonds is 25. The first-order chi connectivity index (χ1) is 29.4. The van der Waals surface area contributed by atoms with E-state index >= 15 is 0 Å². The lowest BCUT2D eigenvalue weighted by molar-refractivity contribution is -0.148. The minimum Gasteiger partial charge on any atom is -0.480 e. The number of nitrogens with zero attached hydrogens (tertiary/aromatic N) is 3. The fourth-order valence-corrected chi connectivity index (χ4v) is 8.93. The molecule has 1 heterocycles. The number of benzene rings is 2. The van der Waals surface area contributed by atoms with Crippen LogP contribution in [0, 0.1) is 23.7 Å². The van der Waals surface area contributed by atoms with Gasteiger partial charge in [0, 0.05) is 53.5 Å². The fourth-order valence-electron chi connectivity index (χ4n) is 8.93. The van der Waals surface area contributed by atoms with E-state index in [2.05, 4.69) is 33.0 Å². The van der Waals surface area contributed by atoms with E-state index in [0.29, 0.717) is 32.4 Å². The van der Waals surface area contributed by atoms with E-state index in [1.54, 1.807) is 30.9 Å². The van der Waals surface area contributed by atoms with Crippen LogP contribution in [0.25, 0.3) is 0 Å². The van der Waals surface area contributed by atoms with Gasteiger partial charge in [0.25, 0.3) is 0 Å². The van der Waals surface area contributed by atoms with Gasteiger partial charge in [-0.2, -0.15) is 0 Å². The first-order valence-electron chi connectivity index (χ1n) is 22.4. The quantitative estimate of drug-likeness (QED) is 0.105.